The lowest BCUT2D eigenvalue weighted by atomic mass is 9.98. The summed E-state index contributed by atoms with van der Waals surface area (Å²) in [5, 5.41) is 4.04. The van der Waals surface area contributed by atoms with Crippen LogP contribution in [0.15, 0.2) is 24.5 Å². The van der Waals surface area contributed by atoms with E-state index in [1.165, 1.54) is 36.0 Å². The Morgan fingerprint density at radius 1 is 1.21 bits per heavy atom. The van der Waals surface area contributed by atoms with Gasteiger partial charge in [-0.1, -0.05) is 38.5 Å². The van der Waals surface area contributed by atoms with Gasteiger partial charge in [-0.25, -0.2) is 9.97 Å². The van der Waals surface area contributed by atoms with Gasteiger partial charge in [0, 0.05) is 10.6 Å². The quantitative estimate of drug-likeness (QED) is 0.572. The molecule has 3 aromatic rings. The van der Waals surface area contributed by atoms with Gasteiger partial charge >= 0.3 is 0 Å². The number of carbonyl (C=O) groups excluding carboxylic acids is 1. The van der Waals surface area contributed by atoms with Crippen LogP contribution in [0.3, 0.4) is 0 Å². The number of ether oxygens (including phenoxy) is 1. The van der Waals surface area contributed by atoms with Crippen molar-refractivity contribution in [3.63, 3.8) is 0 Å². The maximum absolute atomic E-state index is 12.7. The molecule has 0 fully saturated rings. The van der Waals surface area contributed by atoms with Crippen LogP contribution in [0.25, 0.3) is 10.2 Å². The summed E-state index contributed by atoms with van der Waals surface area (Å²) in [6.07, 6.45) is 7.32. The standard InChI is InChI=1S/C23H27N3O2S/c1-14(2)16-10-7-8-15(3)21(16)26-19(27)12-28-22-20-17-9-5-4-6-11-18(17)29-23(20)25-13-24-22/h7-8,10,13-14H,4-6,9,11-12H2,1-3H3,(H,26,27). The molecule has 29 heavy (non-hydrogen) atoms. The third-order valence-electron chi connectivity index (χ3n) is 5.50. The number of fused-ring (bicyclic) bond motifs is 3. The highest BCUT2D eigenvalue weighted by molar-refractivity contribution is 7.18. The number of benzene rings is 1. The number of para-hydroxylation sites is 1. The Morgan fingerprint density at radius 2 is 2.03 bits per heavy atom. The second-order valence-electron chi connectivity index (χ2n) is 7.95. The van der Waals surface area contributed by atoms with Gasteiger partial charge in [-0.05, 0) is 55.2 Å². The van der Waals surface area contributed by atoms with E-state index in [-0.39, 0.29) is 12.5 Å². The molecule has 0 atom stereocenters. The van der Waals surface area contributed by atoms with Crippen LogP contribution in [-0.4, -0.2) is 22.5 Å². The van der Waals surface area contributed by atoms with E-state index in [2.05, 4.69) is 35.2 Å². The van der Waals surface area contributed by atoms with Crippen LogP contribution in [0.2, 0.25) is 0 Å². The van der Waals surface area contributed by atoms with Crippen molar-refractivity contribution < 1.29 is 9.53 Å². The monoisotopic (exact) mass is 409 g/mol. The number of hydrogen-bond donors (Lipinski definition) is 1. The van der Waals surface area contributed by atoms with Crippen LogP contribution in [0.4, 0.5) is 5.69 Å². The molecule has 4 rings (SSSR count). The smallest absolute Gasteiger partial charge is 0.262 e. The number of amides is 1. The molecule has 1 aliphatic carbocycles. The van der Waals surface area contributed by atoms with E-state index in [4.69, 9.17) is 4.74 Å². The fourth-order valence-corrected chi connectivity index (χ4v) is 5.22. The van der Waals surface area contributed by atoms with E-state index in [1.54, 1.807) is 11.3 Å². The van der Waals surface area contributed by atoms with Gasteiger partial charge in [0.1, 0.15) is 11.2 Å². The van der Waals surface area contributed by atoms with Crippen LogP contribution in [-0.2, 0) is 17.6 Å². The van der Waals surface area contributed by atoms with Crippen LogP contribution >= 0.6 is 11.3 Å². The summed E-state index contributed by atoms with van der Waals surface area (Å²) in [5.41, 5.74) is 4.39. The van der Waals surface area contributed by atoms with Gasteiger partial charge in [-0.3, -0.25) is 4.79 Å². The summed E-state index contributed by atoms with van der Waals surface area (Å²) < 4.78 is 5.90. The summed E-state index contributed by atoms with van der Waals surface area (Å²) in [7, 11) is 0. The first kappa shape index (κ1) is 19.8. The van der Waals surface area contributed by atoms with Gasteiger partial charge in [-0.15, -0.1) is 11.3 Å². The highest BCUT2D eigenvalue weighted by Crippen LogP contribution is 2.38. The Labute approximate surface area is 175 Å². The van der Waals surface area contributed by atoms with Gasteiger partial charge in [0.2, 0.25) is 5.88 Å². The average Bonchev–Trinajstić information content (AvgIpc) is 2.89. The number of anilines is 1. The largest absolute Gasteiger partial charge is 0.467 e. The second-order valence-corrected chi connectivity index (χ2v) is 9.04. The molecule has 0 spiro atoms. The second kappa shape index (κ2) is 8.49. The van der Waals surface area contributed by atoms with Crippen molar-refractivity contribution in [1.82, 2.24) is 9.97 Å². The first-order chi connectivity index (χ1) is 14.0. The van der Waals surface area contributed by atoms with Crippen LogP contribution < -0.4 is 10.1 Å². The lowest BCUT2D eigenvalue weighted by Crippen LogP contribution is -2.22. The molecule has 0 bridgehead atoms. The van der Waals surface area contributed by atoms with E-state index >= 15 is 0 Å². The number of hydrogen-bond acceptors (Lipinski definition) is 5. The molecule has 1 aromatic carbocycles. The Hall–Kier alpha value is -2.47. The molecular weight excluding hydrogens is 382 g/mol. The van der Waals surface area contributed by atoms with Crippen molar-refractivity contribution in [3.05, 3.63) is 46.1 Å². The Balaban J connectivity index is 1.54. The van der Waals surface area contributed by atoms with E-state index in [9.17, 15) is 4.79 Å². The minimum absolute atomic E-state index is 0.0669. The lowest BCUT2D eigenvalue weighted by Gasteiger charge is -2.16. The van der Waals surface area contributed by atoms with E-state index < -0.39 is 0 Å². The number of carbonyl (C=O) groups is 1. The van der Waals surface area contributed by atoms with Gasteiger partial charge in [0.25, 0.3) is 5.91 Å². The molecule has 0 saturated heterocycles. The van der Waals surface area contributed by atoms with Crippen molar-refractivity contribution in [1.29, 1.82) is 0 Å². The summed E-state index contributed by atoms with van der Waals surface area (Å²) in [5.74, 6) is 0.682. The fraction of sp³-hybridized carbons (Fsp3) is 0.435. The molecule has 6 heteroatoms. The van der Waals surface area contributed by atoms with Crippen LogP contribution in [0, 0.1) is 6.92 Å². The van der Waals surface area contributed by atoms with Gasteiger partial charge in [-0.2, -0.15) is 0 Å². The number of aromatic nitrogens is 2. The molecule has 0 aliphatic heterocycles. The number of rotatable bonds is 5. The number of nitrogens with one attached hydrogen (secondary N) is 1. The highest BCUT2D eigenvalue weighted by Gasteiger charge is 2.20. The van der Waals surface area contributed by atoms with E-state index in [0.717, 1.165) is 39.9 Å². The lowest BCUT2D eigenvalue weighted by molar-refractivity contribution is -0.118. The van der Waals surface area contributed by atoms with Crippen molar-refractivity contribution in [3.8, 4) is 5.88 Å². The van der Waals surface area contributed by atoms with Gasteiger partial charge in [0.05, 0.1) is 5.39 Å². The topological polar surface area (TPSA) is 64.1 Å². The van der Waals surface area contributed by atoms with Crippen LogP contribution in [0.5, 0.6) is 5.88 Å². The maximum atomic E-state index is 12.7. The molecular formula is C23H27N3O2S. The predicted molar refractivity (Wildman–Crippen MR) is 118 cm³/mol. The normalized spacial score (nSPS) is 13.9. The first-order valence-corrected chi connectivity index (χ1v) is 11.1. The summed E-state index contributed by atoms with van der Waals surface area (Å²) >= 11 is 1.74. The van der Waals surface area contributed by atoms with Gasteiger partial charge < -0.3 is 10.1 Å². The minimum Gasteiger partial charge on any atom is -0.467 e. The van der Waals surface area contributed by atoms with Crippen molar-refractivity contribution >= 4 is 33.1 Å². The number of nitrogens with zero attached hydrogens (tertiary/aromatic N) is 2. The molecule has 2 heterocycles. The maximum Gasteiger partial charge on any atom is 0.262 e. The Kier molecular flexibility index (Phi) is 5.81. The molecule has 0 saturated carbocycles. The van der Waals surface area contributed by atoms with Crippen LogP contribution in [0.1, 0.15) is 60.6 Å². The Morgan fingerprint density at radius 3 is 2.86 bits per heavy atom. The zero-order valence-electron chi connectivity index (χ0n) is 17.2. The fourth-order valence-electron chi connectivity index (χ4n) is 4.00. The molecule has 0 radical (unpaired) electrons. The van der Waals surface area contributed by atoms with E-state index in [1.807, 2.05) is 19.1 Å². The zero-order chi connectivity index (χ0) is 20.4. The number of thiophene rings is 1. The molecule has 2 aromatic heterocycles. The average molecular weight is 410 g/mol. The van der Waals surface area contributed by atoms with Gasteiger partial charge in [0.15, 0.2) is 6.61 Å². The molecule has 152 valence electrons. The summed E-state index contributed by atoms with van der Waals surface area (Å²) in [6, 6.07) is 6.09. The molecule has 0 unspecified atom stereocenters. The molecule has 1 aliphatic rings. The molecule has 1 amide bonds. The SMILES string of the molecule is Cc1cccc(C(C)C)c1NC(=O)COc1ncnc2sc3c(c12)CCCCC3. The number of aryl methyl sites for hydroxylation is 3. The van der Waals surface area contributed by atoms with Crippen molar-refractivity contribution in [2.24, 2.45) is 0 Å². The third-order valence-corrected chi connectivity index (χ3v) is 6.70. The summed E-state index contributed by atoms with van der Waals surface area (Å²) in [4.78, 5) is 23.8. The third kappa shape index (κ3) is 4.13. The van der Waals surface area contributed by atoms with E-state index in [0.29, 0.717) is 11.8 Å². The molecule has 1 N–H and O–H groups in total. The minimum atomic E-state index is -0.172. The summed E-state index contributed by atoms with van der Waals surface area (Å²) in [6.45, 7) is 6.20. The predicted octanol–water partition coefficient (Wildman–Crippen LogP) is 5.41. The van der Waals surface area contributed by atoms with Crippen molar-refractivity contribution in [2.75, 3.05) is 11.9 Å². The zero-order valence-corrected chi connectivity index (χ0v) is 18.1. The first-order valence-electron chi connectivity index (χ1n) is 10.3. The highest BCUT2D eigenvalue weighted by atomic mass is 32.1. The molecule has 5 nitrogen and oxygen atoms in total. The van der Waals surface area contributed by atoms with Crippen molar-refractivity contribution in [2.45, 2.75) is 58.8 Å². The Bertz CT molecular complexity index is 1040.